The number of aryl methyl sites for hydroxylation is 1. The lowest BCUT2D eigenvalue weighted by molar-refractivity contribution is -0.122. The highest BCUT2D eigenvalue weighted by atomic mass is 32.2. The molecule has 2 fully saturated rings. The van der Waals surface area contributed by atoms with Crippen LogP contribution < -0.4 is 4.90 Å². The highest BCUT2D eigenvalue weighted by molar-refractivity contribution is 8.26. The van der Waals surface area contributed by atoms with Crippen molar-refractivity contribution >= 4 is 57.0 Å². The minimum Gasteiger partial charge on any atom is -0.378 e. The summed E-state index contributed by atoms with van der Waals surface area (Å²) in [6, 6.07) is 18.5. The molecule has 2 saturated heterocycles. The first kappa shape index (κ1) is 22.1. The van der Waals surface area contributed by atoms with Gasteiger partial charge in [0.15, 0.2) is 0 Å². The average Bonchev–Trinajstić information content (AvgIpc) is 3.11. The van der Waals surface area contributed by atoms with E-state index >= 15 is 0 Å². The molecule has 0 saturated carbocycles. The first-order valence-corrected chi connectivity index (χ1v) is 12.3. The van der Waals surface area contributed by atoms with E-state index in [1.165, 1.54) is 17.3 Å². The zero-order valence-electron chi connectivity index (χ0n) is 18.5. The quantitative estimate of drug-likeness (QED) is 0.389. The van der Waals surface area contributed by atoms with E-state index in [1.54, 1.807) is 4.90 Å². The predicted molar refractivity (Wildman–Crippen MR) is 140 cm³/mol. The molecule has 1 amide bonds. The molecule has 168 valence electrons. The molecule has 0 bridgehead atoms. The van der Waals surface area contributed by atoms with Crippen LogP contribution in [0.15, 0.2) is 59.5 Å². The van der Waals surface area contributed by atoms with Crippen molar-refractivity contribution in [1.82, 2.24) is 9.88 Å². The van der Waals surface area contributed by atoms with Crippen LogP contribution in [0.3, 0.4) is 0 Å². The maximum atomic E-state index is 13.2. The Hall–Kier alpha value is -2.74. The number of pyridine rings is 1. The van der Waals surface area contributed by atoms with Gasteiger partial charge in [0, 0.05) is 30.6 Å². The van der Waals surface area contributed by atoms with Crippen LogP contribution in [0.1, 0.15) is 16.7 Å². The van der Waals surface area contributed by atoms with Crippen molar-refractivity contribution in [3.63, 3.8) is 0 Å². The number of para-hydroxylation sites is 1. The Bertz CT molecular complexity index is 1240. The fourth-order valence-electron chi connectivity index (χ4n) is 4.21. The molecule has 1 aromatic heterocycles. The normalized spacial score (nSPS) is 18.0. The molecule has 0 aliphatic carbocycles. The number of aromatic nitrogens is 1. The molecule has 2 aliphatic rings. The fourth-order valence-corrected chi connectivity index (χ4v) is 5.51. The Balaban J connectivity index is 1.47. The number of nitrogens with zero attached hydrogens (tertiary/aromatic N) is 3. The molecule has 3 aromatic rings. The summed E-state index contributed by atoms with van der Waals surface area (Å²) in [5, 5.41) is 1.07. The number of thiocarbonyl (C=S) groups is 1. The monoisotopic (exact) mass is 475 g/mol. The number of morpholine rings is 1. The minimum absolute atomic E-state index is 0.0294. The summed E-state index contributed by atoms with van der Waals surface area (Å²) >= 11 is 6.94. The van der Waals surface area contributed by atoms with Crippen molar-refractivity contribution in [3.8, 4) is 0 Å². The second-order valence-corrected chi connectivity index (χ2v) is 9.89. The largest absolute Gasteiger partial charge is 0.378 e. The molecule has 7 heteroatoms. The highest BCUT2D eigenvalue weighted by Gasteiger charge is 2.32. The number of rotatable bonds is 5. The van der Waals surface area contributed by atoms with Gasteiger partial charge in [0.2, 0.25) is 0 Å². The smallest absolute Gasteiger partial charge is 0.266 e. The van der Waals surface area contributed by atoms with Gasteiger partial charge in [0.1, 0.15) is 10.1 Å². The third-order valence-electron chi connectivity index (χ3n) is 5.99. The summed E-state index contributed by atoms with van der Waals surface area (Å²) < 4.78 is 6.16. The Morgan fingerprint density at radius 1 is 1.12 bits per heavy atom. The Morgan fingerprint density at radius 2 is 1.91 bits per heavy atom. The maximum Gasteiger partial charge on any atom is 0.266 e. The van der Waals surface area contributed by atoms with Crippen LogP contribution in [0, 0.1) is 6.92 Å². The third kappa shape index (κ3) is 4.67. The number of hydrogen-bond donors (Lipinski definition) is 0. The van der Waals surface area contributed by atoms with E-state index in [2.05, 4.69) is 42.2 Å². The van der Waals surface area contributed by atoms with E-state index in [0.717, 1.165) is 47.4 Å². The molecule has 0 atom stereocenters. The van der Waals surface area contributed by atoms with Gasteiger partial charge in [-0.2, -0.15) is 0 Å². The number of fused-ring (bicyclic) bond motifs is 1. The lowest BCUT2D eigenvalue weighted by atomic mass is 10.1. The summed E-state index contributed by atoms with van der Waals surface area (Å²) in [6.07, 6.45) is 2.73. The fraction of sp³-hybridized carbons (Fsp3) is 0.269. The Morgan fingerprint density at radius 3 is 2.70 bits per heavy atom. The van der Waals surface area contributed by atoms with Crippen LogP contribution in [0.4, 0.5) is 5.82 Å². The second-order valence-electron chi connectivity index (χ2n) is 8.22. The standard InChI is InChI=1S/C26H25N3O2S2/c1-18-6-5-9-20-16-21(24(27-23(18)20)28-12-14-31-15-13-28)17-22-25(30)29(26(32)33-22)11-10-19-7-3-2-4-8-19/h2-9,16-17H,10-15H2,1H3/b22-17-. The number of thioether (sulfide) groups is 1. The number of amides is 1. The zero-order valence-corrected chi connectivity index (χ0v) is 20.1. The van der Waals surface area contributed by atoms with Crippen LogP contribution in [0.25, 0.3) is 17.0 Å². The summed E-state index contributed by atoms with van der Waals surface area (Å²) in [5.74, 6) is 0.868. The van der Waals surface area contributed by atoms with Gasteiger partial charge in [-0.15, -0.1) is 0 Å². The van der Waals surface area contributed by atoms with Crippen LogP contribution in [0.5, 0.6) is 0 Å². The van der Waals surface area contributed by atoms with E-state index in [0.29, 0.717) is 29.0 Å². The van der Waals surface area contributed by atoms with Crippen molar-refractivity contribution in [2.75, 3.05) is 37.7 Å². The third-order valence-corrected chi connectivity index (χ3v) is 7.37. The van der Waals surface area contributed by atoms with Crippen molar-refractivity contribution in [2.24, 2.45) is 0 Å². The molecule has 0 unspecified atom stereocenters. The Kier molecular flexibility index (Phi) is 6.44. The predicted octanol–water partition coefficient (Wildman–Crippen LogP) is 4.82. The molecule has 33 heavy (non-hydrogen) atoms. The van der Waals surface area contributed by atoms with Crippen LogP contribution in [-0.2, 0) is 16.0 Å². The summed E-state index contributed by atoms with van der Waals surface area (Å²) in [6.45, 7) is 5.57. The summed E-state index contributed by atoms with van der Waals surface area (Å²) in [4.78, 5) is 22.9. The van der Waals surface area contributed by atoms with Gasteiger partial charge in [0.25, 0.3) is 5.91 Å². The lowest BCUT2D eigenvalue weighted by Crippen LogP contribution is -2.37. The summed E-state index contributed by atoms with van der Waals surface area (Å²) in [7, 11) is 0. The molecule has 0 radical (unpaired) electrons. The number of benzene rings is 2. The van der Waals surface area contributed by atoms with Gasteiger partial charge in [-0.25, -0.2) is 4.98 Å². The maximum absolute atomic E-state index is 13.2. The van der Waals surface area contributed by atoms with Crippen LogP contribution >= 0.6 is 24.0 Å². The molecule has 0 spiro atoms. The first-order chi connectivity index (χ1) is 16.1. The van der Waals surface area contributed by atoms with E-state index in [1.807, 2.05) is 30.3 Å². The number of carbonyl (C=O) groups excluding carboxylic acids is 1. The molecular weight excluding hydrogens is 450 g/mol. The SMILES string of the molecule is Cc1cccc2cc(/C=C3\SC(=S)N(CCc4ccccc4)C3=O)c(N3CCOCC3)nc12. The van der Waals surface area contributed by atoms with Gasteiger partial charge in [-0.1, -0.05) is 72.5 Å². The highest BCUT2D eigenvalue weighted by Crippen LogP contribution is 2.35. The van der Waals surface area contributed by atoms with Crippen molar-refractivity contribution in [2.45, 2.75) is 13.3 Å². The minimum atomic E-state index is -0.0294. The van der Waals surface area contributed by atoms with Crippen LogP contribution in [-0.4, -0.2) is 53.0 Å². The number of ether oxygens (including phenoxy) is 1. The number of anilines is 1. The van der Waals surface area contributed by atoms with E-state index in [9.17, 15) is 4.79 Å². The van der Waals surface area contributed by atoms with E-state index in [4.69, 9.17) is 21.9 Å². The van der Waals surface area contributed by atoms with Crippen molar-refractivity contribution < 1.29 is 9.53 Å². The first-order valence-electron chi connectivity index (χ1n) is 11.1. The number of carbonyl (C=O) groups is 1. The van der Waals surface area contributed by atoms with E-state index in [-0.39, 0.29) is 5.91 Å². The number of hydrogen-bond acceptors (Lipinski definition) is 6. The average molecular weight is 476 g/mol. The molecule has 5 rings (SSSR count). The van der Waals surface area contributed by atoms with E-state index < -0.39 is 0 Å². The van der Waals surface area contributed by atoms with Gasteiger partial charge in [0.05, 0.1) is 23.6 Å². The molecule has 5 nitrogen and oxygen atoms in total. The van der Waals surface area contributed by atoms with Crippen molar-refractivity contribution in [3.05, 3.63) is 76.2 Å². The summed E-state index contributed by atoms with van der Waals surface area (Å²) in [5.41, 5.74) is 4.27. The molecule has 3 heterocycles. The van der Waals surface area contributed by atoms with Gasteiger partial charge < -0.3 is 9.64 Å². The molecule has 2 aliphatic heterocycles. The zero-order chi connectivity index (χ0) is 22.8. The molecular formula is C26H25N3O2S2. The Labute approximate surface area is 203 Å². The lowest BCUT2D eigenvalue weighted by Gasteiger charge is -2.29. The van der Waals surface area contributed by atoms with Crippen LogP contribution in [0.2, 0.25) is 0 Å². The van der Waals surface area contributed by atoms with Gasteiger partial charge in [-0.3, -0.25) is 9.69 Å². The molecule has 0 N–H and O–H groups in total. The molecule has 2 aromatic carbocycles. The van der Waals surface area contributed by atoms with Gasteiger partial charge >= 0.3 is 0 Å². The topological polar surface area (TPSA) is 45.7 Å². The van der Waals surface area contributed by atoms with Crippen molar-refractivity contribution in [1.29, 1.82) is 0 Å². The van der Waals surface area contributed by atoms with Gasteiger partial charge in [-0.05, 0) is 36.6 Å². The second kappa shape index (κ2) is 9.63.